The molecule has 20 heavy (non-hydrogen) atoms. The van der Waals surface area contributed by atoms with Crippen LogP contribution in [-0.2, 0) is 6.42 Å². The van der Waals surface area contributed by atoms with Crippen LogP contribution in [0.1, 0.15) is 55.2 Å². The molecule has 110 valence electrons. The van der Waals surface area contributed by atoms with Crippen molar-refractivity contribution in [2.24, 2.45) is 11.8 Å². The van der Waals surface area contributed by atoms with E-state index in [1.807, 2.05) is 0 Å². The van der Waals surface area contributed by atoms with Gasteiger partial charge in [0.2, 0.25) is 0 Å². The van der Waals surface area contributed by atoms with Gasteiger partial charge >= 0.3 is 0 Å². The highest BCUT2D eigenvalue weighted by Crippen LogP contribution is 2.34. The molecule has 1 aromatic carbocycles. The number of hydrogen-bond acceptors (Lipinski definition) is 1. The van der Waals surface area contributed by atoms with Gasteiger partial charge in [-0.25, -0.2) is 0 Å². The first-order chi connectivity index (χ1) is 9.74. The van der Waals surface area contributed by atoms with E-state index in [1.54, 1.807) is 5.56 Å². The van der Waals surface area contributed by atoms with Crippen LogP contribution in [0.15, 0.2) is 18.2 Å². The van der Waals surface area contributed by atoms with Crippen LogP contribution in [0.4, 0.5) is 0 Å². The van der Waals surface area contributed by atoms with Gasteiger partial charge in [-0.2, -0.15) is 0 Å². The smallest absolute Gasteiger partial charge is 0.00683 e. The highest BCUT2D eigenvalue weighted by Gasteiger charge is 2.28. The van der Waals surface area contributed by atoms with Crippen LogP contribution in [0, 0.1) is 25.7 Å². The van der Waals surface area contributed by atoms with Crippen LogP contribution in [0.5, 0.6) is 0 Å². The molecule has 0 aromatic heterocycles. The summed E-state index contributed by atoms with van der Waals surface area (Å²) in [6.45, 7) is 5.82. The van der Waals surface area contributed by atoms with Gasteiger partial charge in [-0.05, 0) is 81.0 Å². The van der Waals surface area contributed by atoms with Gasteiger partial charge in [-0.3, -0.25) is 0 Å². The topological polar surface area (TPSA) is 12.0 Å². The maximum Gasteiger partial charge on any atom is 0.00683 e. The molecule has 2 saturated carbocycles. The molecule has 3 rings (SSSR count). The third-order valence-electron chi connectivity index (χ3n) is 5.42. The first kappa shape index (κ1) is 14.1. The van der Waals surface area contributed by atoms with E-state index in [2.05, 4.69) is 37.4 Å². The van der Waals surface area contributed by atoms with E-state index in [1.165, 1.54) is 62.6 Å². The van der Waals surface area contributed by atoms with Crippen molar-refractivity contribution in [3.8, 4) is 0 Å². The predicted octanol–water partition coefficient (Wildman–Crippen LogP) is 4.40. The average molecular weight is 271 g/mol. The second-order valence-corrected chi connectivity index (χ2v) is 7.06. The first-order valence-corrected chi connectivity index (χ1v) is 8.52. The van der Waals surface area contributed by atoms with Crippen LogP contribution in [0.2, 0.25) is 0 Å². The van der Waals surface area contributed by atoms with Gasteiger partial charge in [0, 0.05) is 6.04 Å². The maximum absolute atomic E-state index is 3.77. The summed E-state index contributed by atoms with van der Waals surface area (Å²) >= 11 is 0. The van der Waals surface area contributed by atoms with Crippen LogP contribution >= 0.6 is 0 Å². The third kappa shape index (κ3) is 3.44. The lowest BCUT2D eigenvalue weighted by Crippen LogP contribution is -2.33. The largest absolute Gasteiger partial charge is 0.314 e. The SMILES string of the molecule is Cc1cccc(C)c1CC1CCCCC1CNC1CC1. The van der Waals surface area contributed by atoms with Crippen LogP contribution in [-0.4, -0.2) is 12.6 Å². The fourth-order valence-corrected chi connectivity index (χ4v) is 3.86. The van der Waals surface area contributed by atoms with Crippen LogP contribution in [0.3, 0.4) is 0 Å². The minimum atomic E-state index is 0.859. The molecule has 1 heteroatoms. The predicted molar refractivity (Wildman–Crippen MR) is 86.1 cm³/mol. The van der Waals surface area contributed by atoms with E-state index < -0.39 is 0 Å². The maximum atomic E-state index is 3.77. The van der Waals surface area contributed by atoms with Gasteiger partial charge in [0.25, 0.3) is 0 Å². The molecule has 2 fully saturated rings. The van der Waals surface area contributed by atoms with E-state index >= 15 is 0 Å². The molecule has 2 atom stereocenters. The van der Waals surface area contributed by atoms with Crippen molar-refractivity contribution < 1.29 is 0 Å². The minimum absolute atomic E-state index is 0.859. The highest BCUT2D eigenvalue weighted by molar-refractivity contribution is 5.33. The highest BCUT2D eigenvalue weighted by atomic mass is 14.9. The summed E-state index contributed by atoms with van der Waals surface area (Å²) in [5.41, 5.74) is 4.60. The van der Waals surface area contributed by atoms with Crippen molar-refractivity contribution in [3.05, 3.63) is 34.9 Å². The van der Waals surface area contributed by atoms with Crippen molar-refractivity contribution in [1.29, 1.82) is 0 Å². The summed E-state index contributed by atoms with van der Waals surface area (Å²) in [4.78, 5) is 0. The molecule has 1 nitrogen and oxygen atoms in total. The van der Waals surface area contributed by atoms with Crippen molar-refractivity contribution >= 4 is 0 Å². The second-order valence-electron chi connectivity index (χ2n) is 7.06. The van der Waals surface area contributed by atoms with Crippen molar-refractivity contribution in [3.63, 3.8) is 0 Å². The van der Waals surface area contributed by atoms with Crippen LogP contribution < -0.4 is 5.32 Å². The molecule has 0 spiro atoms. The van der Waals surface area contributed by atoms with E-state index in [0.29, 0.717) is 0 Å². The van der Waals surface area contributed by atoms with Crippen molar-refractivity contribution in [2.75, 3.05) is 6.54 Å². The Morgan fingerprint density at radius 3 is 2.25 bits per heavy atom. The summed E-state index contributed by atoms with van der Waals surface area (Å²) in [5, 5.41) is 3.77. The monoisotopic (exact) mass is 271 g/mol. The van der Waals surface area contributed by atoms with Crippen molar-refractivity contribution in [1.82, 2.24) is 5.32 Å². The van der Waals surface area contributed by atoms with E-state index in [4.69, 9.17) is 0 Å². The Bertz CT molecular complexity index is 427. The van der Waals surface area contributed by atoms with E-state index in [9.17, 15) is 0 Å². The van der Waals surface area contributed by atoms with Gasteiger partial charge in [-0.1, -0.05) is 31.0 Å². The lowest BCUT2D eigenvalue weighted by Gasteiger charge is -2.33. The molecule has 1 aromatic rings. The van der Waals surface area contributed by atoms with Gasteiger partial charge in [0.1, 0.15) is 0 Å². The Morgan fingerprint density at radius 2 is 1.60 bits per heavy atom. The number of hydrogen-bond donors (Lipinski definition) is 1. The molecule has 0 amide bonds. The molecule has 0 aliphatic heterocycles. The Hall–Kier alpha value is -0.820. The normalized spacial score (nSPS) is 26.7. The number of benzene rings is 1. The summed E-state index contributed by atoms with van der Waals surface area (Å²) in [5.74, 6) is 1.80. The van der Waals surface area contributed by atoms with Gasteiger partial charge < -0.3 is 5.32 Å². The molecule has 1 N–H and O–H groups in total. The summed E-state index contributed by atoms with van der Waals surface area (Å²) in [6.07, 6.45) is 9.88. The lowest BCUT2D eigenvalue weighted by atomic mass is 9.75. The Kier molecular flexibility index (Phi) is 4.45. The number of nitrogens with one attached hydrogen (secondary N) is 1. The summed E-state index contributed by atoms with van der Waals surface area (Å²) < 4.78 is 0. The standard InChI is InChI=1S/C19H29N/c1-14-6-5-7-15(2)19(14)12-16-8-3-4-9-17(16)13-20-18-10-11-18/h5-7,16-18,20H,3-4,8-13H2,1-2H3. The van der Waals surface area contributed by atoms with Gasteiger partial charge in [0.15, 0.2) is 0 Å². The number of rotatable bonds is 5. The first-order valence-electron chi connectivity index (χ1n) is 8.52. The third-order valence-corrected chi connectivity index (χ3v) is 5.42. The zero-order chi connectivity index (χ0) is 13.9. The minimum Gasteiger partial charge on any atom is -0.314 e. The zero-order valence-electron chi connectivity index (χ0n) is 13.1. The molecular weight excluding hydrogens is 242 g/mol. The summed E-state index contributed by atoms with van der Waals surface area (Å²) in [7, 11) is 0. The molecule has 0 radical (unpaired) electrons. The lowest BCUT2D eigenvalue weighted by molar-refractivity contribution is 0.227. The Morgan fingerprint density at radius 1 is 0.950 bits per heavy atom. The Balaban J connectivity index is 1.66. The molecule has 2 aliphatic rings. The fraction of sp³-hybridized carbons (Fsp3) is 0.684. The molecular formula is C19H29N. The fourth-order valence-electron chi connectivity index (χ4n) is 3.86. The second kappa shape index (κ2) is 6.30. The quantitative estimate of drug-likeness (QED) is 0.836. The molecule has 2 unspecified atom stereocenters. The van der Waals surface area contributed by atoms with Gasteiger partial charge in [0.05, 0.1) is 0 Å². The number of aryl methyl sites for hydroxylation is 2. The molecule has 0 bridgehead atoms. The summed E-state index contributed by atoms with van der Waals surface area (Å²) in [6, 6.07) is 7.62. The van der Waals surface area contributed by atoms with E-state index in [-0.39, 0.29) is 0 Å². The molecule has 0 saturated heterocycles. The zero-order valence-corrected chi connectivity index (χ0v) is 13.1. The molecule has 2 aliphatic carbocycles. The van der Waals surface area contributed by atoms with Gasteiger partial charge in [-0.15, -0.1) is 0 Å². The van der Waals surface area contributed by atoms with Crippen LogP contribution in [0.25, 0.3) is 0 Å². The average Bonchev–Trinajstić information content (AvgIpc) is 3.26. The Labute approximate surface area is 124 Å². The molecule has 0 heterocycles. The van der Waals surface area contributed by atoms with E-state index in [0.717, 1.165) is 17.9 Å². The van der Waals surface area contributed by atoms with Crippen molar-refractivity contribution in [2.45, 2.75) is 64.8 Å².